The Morgan fingerprint density at radius 1 is 1.03 bits per heavy atom. The fourth-order valence-corrected chi connectivity index (χ4v) is 3.92. The second kappa shape index (κ2) is 14.2. The number of anilines is 1. The molecule has 1 heterocycles. The number of morpholine rings is 1. The molecule has 3 amide bonds. The summed E-state index contributed by atoms with van der Waals surface area (Å²) in [5.74, 6) is -0.769. The number of hydrogen-bond donors (Lipinski definition) is 2. The zero-order valence-electron chi connectivity index (χ0n) is 20.6. The van der Waals surface area contributed by atoms with E-state index in [0.29, 0.717) is 72.5 Å². The minimum absolute atomic E-state index is 0.145. The van der Waals surface area contributed by atoms with Gasteiger partial charge in [-0.3, -0.25) is 14.4 Å². The molecule has 12 heteroatoms. The van der Waals surface area contributed by atoms with Crippen LogP contribution >= 0.6 is 15.9 Å². The van der Waals surface area contributed by atoms with Gasteiger partial charge in [0.15, 0.2) is 18.1 Å². The monoisotopic (exact) mass is 576 g/mol. The van der Waals surface area contributed by atoms with Gasteiger partial charge in [0, 0.05) is 13.1 Å². The largest absolute Gasteiger partial charge is 0.492 e. The Kier molecular flexibility index (Phi) is 10.7. The molecule has 0 bridgehead atoms. The third-order valence-electron chi connectivity index (χ3n) is 5.06. The van der Waals surface area contributed by atoms with Crippen LogP contribution in [0.1, 0.15) is 19.4 Å². The van der Waals surface area contributed by atoms with Gasteiger partial charge in [0.2, 0.25) is 0 Å². The highest BCUT2D eigenvalue weighted by atomic mass is 79.9. The number of halogens is 1. The first-order valence-corrected chi connectivity index (χ1v) is 12.5. The van der Waals surface area contributed by atoms with Gasteiger partial charge in [-0.15, -0.1) is 0 Å². The van der Waals surface area contributed by atoms with Gasteiger partial charge in [0.25, 0.3) is 5.91 Å². The number of carbonyl (C=O) groups excluding carboxylic acids is 3. The number of benzene rings is 2. The number of nitrogens with one attached hydrogen (secondary N) is 2. The van der Waals surface area contributed by atoms with E-state index in [0.717, 1.165) is 0 Å². The van der Waals surface area contributed by atoms with Crippen LogP contribution < -0.4 is 25.0 Å². The van der Waals surface area contributed by atoms with Gasteiger partial charge in [0.05, 0.1) is 42.8 Å². The number of rotatable bonds is 10. The Morgan fingerprint density at radius 3 is 2.46 bits per heavy atom. The Labute approximate surface area is 223 Å². The van der Waals surface area contributed by atoms with Crippen molar-refractivity contribution in [2.45, 2.75) is 13.8 Å². The first-order chi connectivity index (χ1) is 17.9. The molecule has 198 valence electrons. The summed E-state index contributed by atoms with van der Waals surface area (Å²) < 4.78 is 22.7. The summed E-state index contributed by atoms with van der Waals surface area (Å²) in [7, 11) is 0. The predicted octanol–water partition coefficient (Wildman–Crippen LogP) is 2.57. The minimum Gasteiger partial charge on any atom is -0.492 e. The SMILES string of the molecule is CCOc1ccccc1NC(=O)C(=O)N/N=C\c1cc(Br)c(OCC(=O)N2CCOCC2)c(OCC)c1. The molecule has 0 saturated carbocycles. The molecule has 2 N–H and O–H groups in total. The van der Waals surface area contributed by atoms with Crippen LogP contribution in [0.3, 0.4) is 0 Å². The summed E-state index contributed by atoms with van der Waals surface area (Å²) in [5, 5.41) is 6.37. The average molecular weight is 577 g/mol. The normalized spacial score (nSPS) is 13.2. The minimum atomic E-state index is -0.951. The molecule has 11 nitrogen and oxygen atoms in total. The molecule has 0 unspecified atom stereocenters. The molecule has 37 heavy (non-hydrogen) atoms. The van der Waals surface area contributed by atoms with Gasteiger partial charge in [0.1, 0.15) is 5.75 Å². The topological polar surface area (TPSA) is 128 Å². The number of nitrogens with zero attached hydrogens (tertiary/aromatic N) is 2. The lowest BCUT2D eigenvalue weighted by Gasteiger charge is -2.27. The van der Waals surface area contributed by atoms with Crippen molar-refractivity contribution >= 4 is 45.6 Å². The molecule has 1 aliphatic heterocycles. The summed E-state index contributed by atoms with van der Waals surface area (Å²) in [6.07, 6.45) is 1.36. The highest BCUT2D eigenvalue weighted by Crippen LogP contribution is 2.36. The Hall–Kier alpha value is -3.64. The van der Waals surface area contributed by atoms with Crippen molar-refractivity contribution in [3.63, 3.8) is 0 Å². The van der Waals surface area contributed by atoms with E-state index in [2.05, 4.69) is 31.8 Å². The van der Waals surface area contributed by atoms with E-state index in [-0.39, 0.29) is 12.5 Å². The second-order valence-electron chi connectivity index (χ2n) is 7.63. The molecule has 1 aliphatic rings. The number of hydrazone groups is 1. The van der Waals surface area contributed by atoms with Crippen LogP contribution in [0.15, 0.2) is 46.0 Å². The van der Waals surface area contributed by atoms with Gasteiger partial charge < -0.3 is 29.2 Å². The first kappa shape index (κ1) is 27.9. The molecule has 2 aromatic rings. The highest BCUT2D eigenvalue weighted by molar-refractivity contribution is 9.10. The molecular weight excluding hydrogens is 548 g/mol. The maximum atomic E-state index is 12.4. The van der Waals surface area contributed by atoms with E-state index in [1.54, 1.807) is 41.3 Å². The van der Waals surface area contributed by atoms with Gasteiger partial charge in [-0.1, -0.05) is 12.1 Å². The quantitative estimate of drug-likeness (QED) is 0.253. The zero-order valence-corrected chi connectivity index (χ0v) is 22.2. The maximum absolute atomic E-state index is 12.4. The van der Waals surface area contributed by atoms with Crippen molar-refractivity contribution in [3.8, 4) is 17.2 Å². The van der Waals surface area contributed by atoms with Crippen LogP contribution in [0.4, 0.5) is 5.69 Å². The van der Waals surface area contributed by atoms with Crippen LogP contribution in [-0.4, -0.2) is 75.0 Å². The molecule has 0 radical (unpaired) electrons. The van der Waals surface area contributed by atoms with Gasteiger partial charge in [-0.25, -0.2) is 5.43 Å². The number of para-hydroxylation sites is 2. The summed E-state index contributed by atoms with van der Waals surface area (Å²) in [5.41, 5.74) is 3.13. The van der Waals surface area contributed by atoms with Crippen LogP contribution in [-0.2, 0) is 19.1 Å². The molecule has 1 saturated heterocycles. The van der Waals surface area contributed by atoms with Crippen molar-refractivity contribution in [1.29, 1.82) is 0 Å². The fraction of sp³-hybridized carbons (Fsp3) is 0.360. The maximum Gasteiger partial charge on any atom is 0.329 e. The van der Waals surface area contributed by atoms with Crippen molar-refractivity contribution in [3.05, 3.63) is 46.4 Å². The smallest absolute Gasteiger partial charge is 0.329 e. The van der Waals surface area contributed by atoms with Gasteiger partial charge in [-0.05, 0) is 59.6 Å². The molecular formula is C25H29BrN4O7. The van der Waals surface area contributed by atoms with Crippen LogP contribution in [0.5, 0.6) is 17.2 Å². The van der Waals surface area contributed by atoms with E-state index in [9.17, 15) is 14.4 Å². The van der Waals surface area contributed by atoms with E-state index < -0.39 is 11.8 Å². The van der Waals surface area contributed by atoms with E-state index in [4.69, 9.17) is 18.9 Å². The predicted molar refractivity (Wildman–Crippen MR) is 140 cm³/mol. The van der Waals surface area contributed by atoms with Crippen molar-refractivity contribution in [1.82, 2.24) is 10.3 Å². The molecule has 2 aromatic carbocycles. The molecule has 0 spiro atoms. The lowest BCUT2D eigenvalue weighted by molar-refractivity contribution is -0.137. The lowest BCUT2D eigenvalue weighted by atomic mass is 10.2. The number of amides is 3. The second-order valence-corrected chi connectivity index (χ2v) is 8.48. The molecule has 1 fully saturated rings. The van der Waals surface area contributed by atoms with Crippen LogP contribution in [0.2, 0.25) is 0 Å². The number of ether oxygens (including phenoxy) is 4. The highest BCUT2D eigenvalue weighted by Gasteiger charge is 2.20. The lowest BCUT2D eigenvalue weighted by Crippen LogP contribution is -2.43. The van der Waals surface area contributed by atoms with E-state index in [1.807, 2.05) is 13.8 Å². The molecule has 0 atom stereocenters. The Morgan fingerprint density at radius 2 is 1.73 bits per heavy atom. The summed E-state index contributed by atoms with van der Waals surface area (Å²) in [6, 6.07) is 10.1. The summed E-state index contributed by atoms with van der Waals surface area (Å²) >= 11 is 3.44. The molecule has 0 aliphatic carbocycles. The molecule has 0 aromatic heterocycles. The zero-order chi connectivity index (χ0) is 26.6. The summed E-state index contributed by atoms with van der Waals surface area (Å²) in [6.45, 7) is 6.33. The average Bonchev–Trinajstić information content (AvgIpc) is 2.90. The van der Waals surface area contributed by atoms with Crippen molar-refractivity contribution < 1.29 is 33.3 Å². The Balaban J connectivity index is 1.61. The van der Waals surface area contributed by atoms with Gasteiger partial charge >= 0.3 is 11.8 Å². The van der Waals surface area contributed by atoms with Crippen LogP contribution in [0.25, 0.3) is 0 Å². The standard InChI is InChI=1S/C25H29BrN4O7/c1-3-35-20-8-6-5-7-19(20)28-24(32)25(33)29-27-15-17-13-18(26)23(21(14-17)36-4-2)37-16-22(31)30-9-11-34-12-10-30/h5-8,13-15H,3-4,9-12,16H2,1-2H3,(H,28,32)(H,29,33)/b27-15-. The first-order valence-electron chi connectivity index (χ1n) is 11.7. The number of carbonyl (C=O) groups is 3. The molecule has 3 rings (SSSR count). The van der Waals surface area contributed by atoms with Crippen molar-refractivity contribution in [2.24, 2.45) is 5.10 Å². The third-order valence-corrected chi connectivity index (χ3v) is 5.65. The summed E-state index contributed by atoms with van der Waals surface area (Å²) in [4.78, 5) is 38.6. The Bertz CT molecular complexity index is 1140. The van der Waals surface area contributed by atoms with Gasteiger partial charge in [-0.2, -0.15) is 5.10 Å². The fourth-order valence-electron chi connectivity index (χ4n) is 3.35. The third kappa shape index (κ3) is 8.19. The van der Waals surface area contributed by atoms with E-state index in [1.165, 1.54) is 6.21 Å². The van der Waals surface area contributed by atoms with Crippen LogP contribution in [0, 0.1) is 0 Å². The van der Waals surface area contributed by atoms with E-state index >= 15 is 0 Å². The number of hydrogen-bond acceptors (Lipinski definition) is 8. The van der Waals surface area contributed by atoms with Crippen molar-refractivity contribution in [2.75, 3.05) is 51.4 Å².